The van der Waals surface area contributed by atoms with Crippen LogP contribution in [0, 0.1) is 17.8 Å². The van der Waals surface area contributed by atoms with E-state index in [0.717, 1.165) is 25.7 Å². The van der Waals surface area contributed by atoms with Crippen LogP contribution in [0.5, 0.6) is 0 Å². The van der Waals surface area contributed by atoms with Gasteiger partial charge in [0.15, 0.2) is 5.78 Å². The van der Waals surface area contributed by atoms with Gasteiger partial charge in [0.05, 0.1) is 6.04 Å². The maximum Gasteiger partial charge on any atom is 0.329 e. The molecule has 7 nitrogen and oxygen atoms in total. The monoisotopic (exact) mass is 509 g/mol. The second kappa shape index (κ2) is 19.4. The number of esters is 1. The average Bonchev–Trinajstić information content (AvgIpc) is 2.83. The third-order valence-corrected chi connectivity index (χ3v) is 6.66. The van der Waals surface area contributed by atoms with Gasteiger partial charge in [-0.25, -0.2) is 4.79 Å². The Bertz CT molecular complexity index is 663. The Morgan fingerprint density at radius 2 is 1.53 bits per heavy atom. The number of carbonyl (C=O) groups excluding carboxylic acids is 3. The number of rotatable bonds is 20. The quantitative estimate of drug-likeness (QED) is 0.124. The number of allylic oxidation sites excluding steroid dienone is 2. The van der Waals surface area contributed by atoms with Crippen molar-refractivity contribution in [2.75, 3.05) is 14.1 Å². The topological polar surface area (TPSA) is 96.5 Å². The minimum atomic E-state index is -0.793. The molecule has 0 rings (SSSR count). The predicted octanol–water partition coefficient (Wildman–Crippen LogP) is 4.79. The maximum absolute atomic E-state index is 13.4. The summed E-state index contributed by atoms with van der Waals surface area (Å²) in [7, 11) is 3.49. The molecule has 0 aliphatic heterocycles. The van der Waals surface area contributed by atoms with E-state index in [4.69, 9.17) is 4.74 Å². The molecule has 0 bridgehead atoms. The first-order valence-electron chi connectivity index (χ1n) is 14.0. The first kappa shape index (κ1) is 34.3. The zero-order valence-corrected chi connectivity index (χ0v) is 24.5. The summed E-state index contributed by atoms with van der Waals surface area (Å²) < 4.78 is 6.06. The van der Waals surface area contributed by atoms with Gasteiger partial charge in [0.2, 0.25) is 5.91 Å². The SMILES string of the molecule is C/C=C/C[C@@H](C)[C@@H](OC(=O)[C@@H](NC(=O)[C@H](CC(C)C)NC)C(C)C)C(NC)C(=O)CCCCCCC. The fraction of sp³-hybridized carbons (Fsp3) is 0.828. The van der Waals surface area contributed by atoms with Crippen LogP contribution in [0.15, 0.2) is 12.2 Å². The maximum atomic E-state index is 13.4. The Morgan fingerprint density at radius 1 is 0.889 bits per heavy atom. The van der Waals surface area contributed by atoms with Crippen LogP contribution in [-0.2, 0) is 19.1 Å². The van der Waals surface area contributed by atoms with Crippen LogP contribution in [0.1, 0.15) is 99.8 Å². The van der Waals surface area contributed by atoms with Crippen LogP contribution in [0.3, 0.4) is 0 Å². The van der Waals surface area contributed by atoms with Crippen molar-refractivity contribution in [2.45, 2.75) is 124 Å². The summed E-state index contributed by atoms with van der Waals surface area (Å²) in [5.41, 5.74) is 0. The van der Waals surface area contributed by atoms with E-state index in [-0.39, 0.29) is 29.6 Å². The molecule has 7 heteroatoms. The van der Waals surface area contributed by atoms with E-state index in [1.807, 2.05) is 39.8 Å². The molecular weight excluding hydrogens is 454 g/mol. The van der Waals surface area contributed by atoms with E-state index in [2.05, 4.69) is 36.7 Å². The second-order valence-electron chi connectivity index (χ2n) is 10.8. The molecule has 0 fully saturated rings. The molecule has 0 aromatic rings. The van der Waals surface area contributed by atoms with Gasteiger partial charge in [0.1, 0.15) is 18.2 Å². The van der Waals surface area contributed by atoms with E-state index >= 15 is 0 Å². The lowest BCUT2D eigenvalue weighted by atomic mass is 9.90. The molecule has 0 aromatic heterocycles. The number of unbranched alkanes of at least 4 members (excludes halogenated alkanes) is 4. The normalized spacial score (nSPS) is 16.1. The first-order valence-corrected chi connectivity index (χ1v) is 14.0. The molecular formula is C29H55N3O4. The lowest BCUT2D eigenvalue weighted by molar-refractivity contribution is -0.159. The Morgan fingerprint density at radius 3 is 2.03 bits per heavy atom. The summed E-state index contributed by atoms with van der Waals surface area (Å²) in [6.07, 6.45) is 10.5. The molecule has 0 radical (unpaired) electrons. The molecule has 210 valence electrons. The second-order valence-corrected chi connectivity index (χ2v) is 10.8. The van der Waals surface area contributed by atoms with Crippen molar-refractivity contribution < 1.29 is 19.1 Å². The highest BCUT2D eigenvalue weighted by molar-refractivity contribution is 5.88. The fourth-order valence-corrected chi connectivity index (χ4v) is 4.35. The molecule has 1 amide bonds. The van der Waals surface area contributed by atoms with Crippen LogP contribution >= 0.6 is 0 Å². The molecule has 5 atom stereocenters. The van der Waals surface area contributed by atoms with Gasteiger partial charge in [-0.05, 0) is 58.0 Å². The van der Waals surface area contributed by atoms with Gasteiger partial charge < -0.3 is 20.7 Å². The van der Waals surface area contributed by atoms with Gasteiger partial charge in [0, 0.05) is 6.42 Å². The number of ether oxygens (including phenoxy) is 1. The van der Waals surface area contributed by atoms with Crippen LogP contribution in [0.25, 0.3) is 0 Å². The van der Waals surface area contributed by atoms with Crippen molar-refractivity contribution in [1.82, 2.24) is 16.0 Å². The lowest BCUT2D eigenvalue weighted by Gasteiger charge is -2.33. The van der Waals surface area contributed by atoms with Crippen molar-refractivity contribution in [2.24, 2.45) is 17.8 Å². The molecule has 0 spiro atoms. The molecule has 0 saturated carbocycles. The Labute approximate surface area is 221 Å². The molecule has 0 saturated heterocycles. The summed E-state index contributed by atoms with van der Waals surface area (Å²) in [6.45, 7) is 14.0. The highest BCUT2D eigenvalue weighted by Gasteiger charge is 2.37. The number of ketones is 1. The van der Waals surface area contributed by atoms with E-state index in [1.54, 1.807) is 14.1 Å². The van der Waals surface area contributed by atoms with Crippen molar-refractivity contribution in [3.05, 3.63) is 12.2 Å². The predicted molar refractivity (Wildman–Crippen MR) is 149 cm³/mol. The Hall–Kier alpha value is -1.73. The first-order chi connectivity index (χ1) is 17.0. The zero-order chi connectivity index (χ0) is 27.7. The molecule has 0 aliphatic carbocycles. The number of hydrogen-bond acceptors (Lipinski definition) is 6. The summed E-state index contributed by atoms with van der Waals surface area (Å²) in [4.78, 5) is 39.5. The minimum Gasteiger partial charge on any atom is -0.458 e. The summed E-state index contributed by atoms with van der Waals surface area (Å²) >= 11 is 0. The van der Waals surface area contributed by atoms with Crippen molar-refractivity contribution in [3.63, 3.8) is 0 Å². The Kier molecular flexibility index (Phi) is 18.5. The lowest BCUT2D eigenvalue weighted by Crippen LogP contribution is -2.55. The van der Waals surface area contributed by atoms with Crippen LogP contribution < -0.4 is 16.0 Å². The molecule has 0 aliphatic rings. The largest absolute Gasteiger partial charge is 0.458 e. The third kappa shape index (κ3) is 13.0. The smallest absolute Gasteiger partial charge is 0.329 e. The van der Waals surface area contributed by atoms with Gasteiger partial charge in [-0.3, -0.25) is 9.59 Å². The highest BCUT2D eigenvalue weighted by Crippen LogP contribution is 2.21. The number of hydrogen-bond donors (Lipinski definition) is 3. The number of nitrogens with one attached hydrogen (secondary N) is 3. The standard InChI is InChI=1S/C29H55N3O4/c1-10-12-14-15-16-18-24(33)26(31-9)27(22(7)17-13-11-2)36-29(35)25(21(5)6)32-28(34)23(30-8)19-20(3)4/h11,13,20-23,25-27,30-31H,10,12,14-19H2,1-9H3,(H,32,34)/b13-11+/t22-,23+,25+,26?,27-/m1/s1. The van der Waals surface area contributed by atoms with Gasteiger partial charge >= 0.3 is 5.97 Å². The molecule has 0 aromatic carbocycles. The summed E-state index contributed by atoms with van der Waals surface area (Å²) in [5.74, 6) is -0.539. The van der Waals surface area contributed by atoms with Gasteiger partial charge in [-0.1, -0.05) is 79.4 Å². The highest BCUT2D eigenvalue weighted by atomic mass is 16.5. The van der Waals surface area contributed by atoms with Crippen LogP contribution in [-0.4, -0.2) is 56.0 Å². The molecule has 0 heterocycles. The number of amides is 1. The zero-order valence-electron chi connectivity index (χ0n) is 24.5. The average molecular weight is 510 g/mol. The fourth-order valence-electron chi connectivity index (χ4n) is 4.35. The molecule has 36 heavy (non-hydrogen) atoms. The molecule has 1 unspecified atom stereocenters. The van der Waals surface area contributed by atoms with E-state index < -0.39 is 24.2 Å². The van der Waals surface area contributed by atoms with Crippen LogP contribution in [0.4, 0.5) is 0 Å². The van der Waals surface area contributed by atoms with E-state index in [9.17, 15) is 14.4 Å². The van der Waals surface area contributed by atoms with Gasteiger partial charge in [-0.2, -0.15) is 0 Å². The van der Waals surface area contributed by atoms with Gasteiger partial charge in [0.25, 0.3) is 0 Å². The number of likely N-dealkylation sites (N-methyl/N-ethyl adjacent to an activating group) is 2. The third-order valence-electron chi connectivity index (χ3n) is 6.66. The number of Topliss-reactive ketones (excluding diaryl/α,β-unsaturated/α-hetero) is 1. The Balaban J connectivity index is 5.63. The minimum absolute atomic E-state index is 0.0661. The summed E-state index contributed by atoms with van der Waals surface area (Å²) in [6, 6.07) is -1.77. The van der Waals surface area contributed by atoms with Crippen molar-refractivity contribution >= 4 is 17.7 Å². The summed E-state index contributed by atoms with van der Waals surface area (Å²) in [5, 5.41) is 9.08. The van der Waals surface area contributed by atoms with E-state index in [1.165, 1.54) is 6.42 Å². The van der Waals surface area contributed by atoms with Crippen molar-refractivity contribution in [3.8, 4) is 0 Å². The van der Waals surface area contributed by atoms with Gasteiger partial charge in [-0.15, -0.1) is 0 Å². The number of carbonyl (C=O) groups is 3. The van der Waals surface area contributed by atoms with E-state index in [0.29, 0.717) is 25.2 Å². The van der Waals surface area contributed by atoms with Crippen LogP contribution in [0.2, 0.25) is 0 Å². The molecule has 3 N–H and O–H groups in total. The van der Waals surface area contributed by atoms with Crippen molar-refractivity contribution in [1.29, 1.82) is 0 Å².